The van der Waals surface area contributed by atoms with Crippen LogP contribution in [0, 0.1) is 0 Å². The monoisotopic (exact) mass is 310 g/mol. The summed E-state index contributed by atoms with van der Waals surface area (Å²) in [5, 5.41) is 0. The van der Waals surface area contributed by atoms with Gasteiger partial charge >= 0.3 is 0 Å². The molecule has 116 valence electrons. The first-order valence-corrected chi connectivity index (χ1v) is 8.02. The van der Waals surface area contributed by atoms with Gasteiger partial charge in [0.15, 0.2) is 0 Å². The van der Waals surface area contributed by atoms with Crippen LogP contribution in [0.15, 0.2) is 18.2 Å². The van der Waals surface area contributed by atoms with Gasteiger partial charge in [-0.1, -0.05) is 6.07 Å². The van der Waals surface area contributed by atoms with Crippen LogP contribution in [-0.4, -0.2) is 35.3 Å². The van der Waals surface area contributed by atoms with Crippen LogP contribution >= 0.6 is 11.6 Å². The van der Waals surface area contributed by atoms with Crippen molar-refractivity contribution in [2.75, 3.05) is 25.7 Å². The zero-order valence-electron chi connectivity index (χ0n) is 12.9. The SMILES string of the molecule is CCOCC(C)n1c(CCCl)nc2c(OCC)cccc21. The number of rotatable bonds is 8. The van der Waals surface area contributed by atoms with E-state index in [0.717, 1.165) is 29.0 Å². The van der Waals surface area contributed by atoms with Gasteiger partial charge in [0.25, 0.3) is 0 Å². The van der Waals surface area contributed by atoms with Crippen LogP contribution in [0.25, 0.3) is 11.0 Å². The van der Waals surface area contributed by atoms with Gasteiger partial charge in [-0.25, -0.2) is 4.98 Å². The number of halogens is 1. The normalized spacial score (nSPS) is 12.8. The number of ether oxygens (including phenoxy) is 2. The molecular formula is C16H23ClN2O2. The van der Waals surface area contributed by atoms with Crippen LogP contribution in [0.2, 0.25) is 0 Å². The molecule has 0 saturated heterocycles. The molecule has 0 saturated carbocycles. The molecule has 21 heavy (non-hydrogen) atoms. The van der Waals surface area contributed by atoms with Crippen LogP contribution in [0.5, 0.6) is 5.75 Å². The third-order valence-corrected chi connectivity index (χ3v) is 3.57. The van der Waals surface area contributed by atoms with Crippen LogP contribution < -0.4 is 4.74 Å². The Balaban J connectivity index is 2.49. The van der Waals surface area contributed by atoms with Gasteiger partial charge in [0, 0.05) is 18.9 Å². The summed E-state index contributed by atoms with van der Waals surface area (Å²) >= 11 is 5.93. The molecule has 0 radical (unpaired) electrons. The summed E-state index contributed by atoms with van der Waals surface area (Å²) in [6.45, 7) is 8.13. The second kappa shape index (κ2) is 7.66. The molecule has 0 aliphatic carbocycles. The van der Waals surface area contributed by atoms with E-state index >= 15 is 0 Å². The lowest BCUT2D eigenvalue weighted by Crippen LogP contribution is -2.15. The summed E-state index contributed by atoms with van der Waals surface area (Å²) in [5.74, 6) is 2.36. The van der Waals surface area contributed by atoms with Gasteiger partial charge in [-0.2, -0.15) is 0 Å². The summed E-state index contributed by atoms with van der Waals surface area (Å²) in [7, 11) is 0. The van der Waals surface area contributed by atoms with Gasteiger partial charge in [-0.3, -0.25) is 0 Å². The Kier molecular flexibility index (Phi) is 5.88. The second-order valence-electron chi connectivity index (χ2n) is 4.90. The predicted molar refractivity (Wildman–Crippen MR) is 86.5 cm³/mol. The number of para-hydroxylation sites is 1. The minimum Gasteiger partial charge on any atom is -0.492 e. The minimum absolute atomic E-state index is 0.213. The number of benzene rings is 1. The Morgan fingerprint density at radius 3 is 2.76 bits per heavy atom. The number of aryl methyl sites for hydroxylation is 1. The van der Waals surface area contributed by atoms with Crippen LogP contribution in [0.1, 0.15) is 32.6 Å². The van der Waals surface area contributed by atoms with Crippen molar-refractivity contribution in [3.63, 3.8) is 0 Å². The molecular weight excluding hydrogens is 288 g/mol. The van der Waals surface area contributed by atoms with E-state index in [4.69, 9.17) is 26.1 Å². The zero-order valence-corrected chi connectivity index (χ0v) is 13.7. The molecule has 0 amide bonds. The lowest BCUT2D eigenvalue weighted by Gasteiger charge is -2.17. The highest BCUT2D eigenvalue weighted by Crippen LogP contribution is 2.29. The fourth-order valence-corrected chi connectivity index (χ4v) is 2.70. The largest absolute Gasteiger partial charge is 0.492 e. The van der Waals surface area contributed by atoms with E-state index in [9.17, 15) is 0 Å². The standard InChI is InChI=1S/C16H23ClN2O2/c1-4-20-11-12(3)19-13-7-6-8-14(21-5-2)16(13)18-15(19)9-10-17/h6-8,12H,4-5,9-11H2,1-3H3. The van der Waals surface area contributed by atoms with Gasteiger partial charge in [0.2, 0.25) is 0 Å². The molecule has 0 aliphatic rings. The highest BCUT2D eigenvalue weighted by Gasteiger charge is 2.18. The molecule has 2 rings (SSSR count). The van der Waals surface area contributed by atoms with Crippen molar-refractivity contribution in [2.45, 2.75) is 33.2 Å². The van der Waals surface area contributed by atoms with E-state index < -0.39 is 0 Å². The maximum absolute atomic E-state index is 5.93. The molecule has 1 aromatic heterocycles. The first-order valence-electron chi connectivity index (χ1n) is 7.49. The van der Waals surface area contributed by atoms with E-state index in [1.807, 2.05) is 26.0 Å². The van der Waals surface area contributed by atoms with Crippen LogP contribution in [-0.2, 0) is 11.2 Å². The van der Waals surface area contributed by atoms with Gasteiger partial charge in [0.1, 0.15) is 17.1 Å². The Hall–Kier alpha value is -1.26. The molecule has 1 heterocycles. The first kappa shape index (κ1) is 16.1. The molecule has 5 heteroatoms. The van der Waals surface area contributed by atoms with E-state index in [1.54, 1.807) is 0 Å². The fraction of sp³-hybridized carbons (Fsp3) is 0.562. The average Bonchev–Trinajstić information content (AvgIpc) is 2.85. The maximum atomic E-state index is 5.93. The van der Waals surface area contributed by atoms with Crippen molar-refractivity contribution in [3.8, 4) is 5.75 Å². The third kappa shape index (κ3) is 3.50. The Morgan fingerprint density at radius 1 is 1.29 bits per heavy atom. The summed E-state index contributed by atoms with van der Waals surface area (Å²) < 4.78 is 13.5. The van der Waals surface area contributed by atoms with Crippen molar-refractivity contribution in [1.82, 2.24) is 9.55 Å². The van der Waals surface area contributed by atoms with Crippen molar-refractivity contribution < 1.29 is 9.47 Å². The number of alkyl halides is 1. The van der Waals surface area contributed by atoms with Gasteiger partial charge in [0.05, 0.1) is 24.8 Å². The number of fused-ring (bicyclic) bond motifs is 1. The summed E-state index contributed by atoms with van der Waals surface area (Å²) in [6, 6.07) is 6.25. The van der Waals surface area contributed by atoms with Gasteiger partial charge in [-0.05, 0) is 32.9 Å². The highest BCUT2D eigenvalue weighted by molar-refractivity contribution is 6.17. The number of nitrogens with zero attached hydrogens (tertiary/aromatic N) is 2. The Bertz CT molecular complexity index is 583. The van der Waals surface area contributed by atoms with E-state index in [0.29, 0.717) is 25.7 Å². The van der Waals surface area contributed by atoms with Crippen molar-refractivity contribution in [2.24, 2.45) is 0 Å². The molecule has 0 N–H and O–H groups in total. The quantitative estimate of drug-likeness (QED) is 0.696. The smallest absolute Gasteiger partial charge is 0.147 e. The molecule has 1 unspecified atom stereocenters. The zero-order chi connectivity index (χ0) is 15.2. The molecule has 1 atom stereocenters. The van der Waals surface area contributed by atoms with Crippen molar-refractivity contribution in [1.29, 1.82) is 0 Å². The fourth-order valence-electron chi connectivity index (χ4n) is 2.53. The molecule has 0 fully saturated rings. The topological polar surface area (TPSA) is 36.3 Å². The van der Waals surface area contributed by atoms with Gasteiger partial charge < -0.3 is 14.0 Å². The molecule has 0 aliphatic heterocycles. The Labute approximate surface area is 131 Å². The Morgan fingerprint density at radius 2 is 2.10 bits per heavy atom. The molecule has 4 nitrogen and oxygen atoms in total. The van der Waals surface area contributed by atoms with Crippen LogP contribution in [0.3, 0.4) is 0 Å². The van der Waals surface area contributed by atoms with E-state index in [1.165, 1.54) is 0 Å². The summed E-state index contributed by atoms with van der Waals surface area (Å²) in [5.41, 5.74) is 1.98. The second-order valence-corrected chi connectivity index (χ2v) is 5.28. The predicted octanol–water partition coefficient (Wildman–Crippen LogP) is 3.81. The molecule has 0 spiro atoms. The molecule has 1 aromatic carbocycles. The lowest BCUT2D eigenvalue weighted by molar-refractivity contribution is 0.119. The number of aromatic nitrogens is 2. The molecule has 0 bridgehead atoms. The molecule has 2 aromatic rings. The van der Waals surface area contributed by atoms with Crippen molar-refractivity contribution >= 4 is 22.6 Å². The van der Waals surface area contributed by atoms with E-state index in [2.05, 4.69) is 17.6 Å². The van der Waals surface area contributed by atoms with Crippen molar-refractivity contribution in [3.05, 3.63) is 24.0 Å². The first-order chi connectivity index (χ1) is 10.2. The number of hydrogen-bond donors (Lipinski definition) is 0. The average molecular weight is 311 g/mol. The van der Waals surface area contributed by atoms with Gasteiger partial charge in [-0.15, -0.1) is 11.6 Å². The van der Waals surface area contributed by atoms with E-state index in [-0.39, 0.29) is 6.04 Å². The summed E-state index contributed by atoms with van der Waals surface area (Å²) in [4.78, 5) is 4.75. The lowest BCUT2D eigenvalue weighted by atomic mass is 10.2. The number of imidazole rings is 1. The summed E-state index contributed by atoms with van der Waals surface area (Å²) in [6.07, 6.45) is 0.734. The van der Waals surface area contributed by atoms with Crippen LogP contribution in [0.4, 0.5) is 0 Å². The highest BCUT2D eigenvalue weighted by atomic mass is 35.5. The maximum Gasteiger partial charge on any atom is 0.147 e. The minimum atomic E-state index is 0.213. The third-order valence-electron chi connectivity index (χ3n) is 3.38. The number of hydrogen-bond acceptors (Lipinski definition) is 3.